The van der Waals surface area contributed by atoms with Crippen molar-refractivity contribution in [2.24, 2.45) is 0 Å². The Morgan fingerprint density at radius 1 is 0.326 bits per heavy atom. The number of carbonyl (C=O) groups excluding carboxylic acids is 4. The summed E-state index contributed by atoms with van der Waals surface area (Å²) in [5.74, 6) is 1.80. The van der Waals surface area contributed by atoms with Crippen molar-refractivity contribution < 1.29 is 61.3 Å². The van der Waals surface area contributed by atoms with E-state index in [4.69, 9.17) is 95.0 Å². The Morgan fingerprint density at radius 3 is 0.922 bits per heavy atom. The van der Waals surface area contributed by atoms with E-state index < -0.39 is 48.8 Å². The average molecular weight is 1830 g/mol. The molecule has 4 amide bonds. The Balaban J connectivity index is 0.000000147. The van der Waals surface area contributed by atoms with Crippen LogP contribution in [0.3, 0.4) is 0 Å². The van der Waals surface area contributed by atoms with Gasteiger partial charge in [-0.2, -0.15) is 0 Å². The standard InChI is InChI=1S/C27H25ClN2O4.C24H19Cl2N3O3.C24H21ClN4O3.C24H20ClN3O3/c1-17-25(29-27(32)33-18(2)23-5-3-4-6-24(23)28)26(34-30-17)22-13-11-20(12-14-22)15-19-7-9-21(16-31)10-8-19;1-14-21(28-24(30)31-15(2)18-6-3-4-8-20(18)25)22(32-29-14)17-11-9-16(10-12-17)19-7-5-13-27-23(19)26;1-15-22(28-24(30)31-16(2)20-5-3-4-6-21(20)25)23(32-29-15)19-9-7-17(8-10-19)11-18-12-26-14-27-13-18;1-15-22(27-24(29)30-16(2)20-5-3-4-6-21(20)25)23(31-28-15)19-9-7-17(8-10-19)18-11-13-26-14-12-18/h3-14,18,31H,15-16H2,1-2H3,(H,29,32);3-13,15H,1-2H3,(H,28,30);3-10,12-14,16H,11H2,1-2H3,(H,28,30);3-14,16H,1-2H3,(H,27,29). The normalized spacial score (nSPS) is 11.7. The number of anilines is 4. The molecule has 0 spiro atoms. The molecule has 0 aliphatic heterocycles. The van der Waals surface area contributed by atoms with Gasteiger partial charge in [-0.3, -0.25) is 26.3 Å². The molecular weight excluding hydrogens is 1740 g/mol. The van der Waals surface area contributed by atoms with Crippen LogP contribution in [0.1, 0.15) is 125 Å². The van der Waals surface area contributed by atoms with E-state index in [-0.39, 0.29) is 6.61 Å². The molecule has 0 fully saturated rings. The average Bonchev–Trinajstić information content (AvgIpc) is 1.69. The minimum absolute atomic E-state index is 0.0361. The van der Waals surface area contributed by atoms with Crippen molar-refractivity contribution in [1.82, 2.24) is 40.6 Å². The summed E-state index contributed by atoms with van der Waals surface area (Å²) in [6.45, 7) is 14.1. The van der Waals surface area contributed by atoms with Crippen LogP contribution in [0.2, 0.25) is 25.2 Å². The molecule has 654 valence electrons. The molecule has 0 aliphatic carbocycles. The molecule has 5 N–H and O–H groups in total. The number of aryl methyl sites for hydroxylation is 4. The van der Waals surface area contributed by atoms with Gasteiger partial charge in [0.1, 0.15) is 81.4 Å². The van der Waals surface area contributed by atoms with Gasteiger partial charge in [-0.1, -0.05) is 273 Å². The fraction of sp³-hybridized carbons (Fsp3) is 0.152. The molecule has 129 heavy (non-hydrogen) atoms. The molecule has 4 atom stereocenters. The SMILES string of the molecule is Cc1noc(-c2ccc(-c3cccnc3Cl)cc2)c1NC(=O)OC(C)c1ccccc1Cl.Cc1noc(-c2ccc(-c3ccncc3)cc2)c1NC(=O)OC(C)c1ccccc1Cl.Cc1noc(-c2ccc(Cc3ccc(CO)cc3)cc2)c1NC(=O)OC(C)c1ccccc1Cl.Cc1noc(-c2ccc(Cc3cncnc3)cc2)c1NC(=O)OC(C)c1ccccc1Cl. The maximum atomic E-state index is 12.6. The number of aliphatic hydroxyl groups excluding tert-OH is 1. The first-order chi connectivity index (χ1) is 62.4. The van der Waals surface area contributed by atoms with Crippen molar-refractivity contribution in [3.8, 4) is 67.5 Å². The molecule has 0 saturated heterocycles. The summed E-state index contributed by atoms with van der Waals surface area (Å²) in [5.41, 5.74) is 19.1. The van der Waals surface area contributed by atoms with Crippen molar-refractivity contribution in [1.29, 1.82) is 0 Å². The largest absolute Gasteiger partial charge is 0.441 e. The van der Waals surface area contributed by atoms with Gasteiger partial charge in [-0.15, -0.1) is 0 Å². The summed E-state index contributed by atoms with van der Waals surface area (Å²) in [6.07, 6.45) is 7.12. The van der Waals surface area contributed by atoms with Gasteiger partial charge in [-0.25, -0.2) is 34.1 Å². The lowest BCUT2D eigenvalue weighted by Gasteiger charge is -2.15. The Kier molecular flexibility index (Phi) is 31.7. The number of hydrogen-bond donors (Lipinski definition) is 5. The van der Waals surface area contributed by atoms with Crippen LogP contribution >= 0.6 is 58.0 Å². The Bertz CT molecular complexity index is 6490. The summed E-state index contributed by atoms with van der Waals surface area (Å²) >= 11 is 31.0. The Morgan fingerprint density at radius 2 is 0.605 bits per heavy atom. The lowest BCUT2D eigenvalue weighted by atomic mass is 10.0. The highest BCUT2D eigenvalue weighted by atomic mass is 35.5. The molecule has 16 rings (SSSR count). The number of rotatable bonds is 23. The molecule has 16 aromatic rings. The van der Waals surface area contributed by atoms with Crippen molar-refractivity contribution in [3.05, 3.63) is 378 Å². The fourth-order valence-corrected chi connectivity index (χ4v) is 14.8. The van der Waals surface area contributed by atoms with Crippen LogP contribution in [0, 0.1) is 27.7 Å². The molecule has 0 saturated carbocycles. The van der Waals surface area contributed by atoms with Gasteiger partial charge >= 0.3 is 24.4 Å². The van der Waals surface area contributed by atoms with Gasteiger partial charge in [-0.05, 0) is 155 Å². The number of nitrogens with one attached hydrogen (secondary N) is 4. The van der Waals surface area contributed by atoms with E-state index in [1.54, 1.807) is 111 Å². The maximum Gasteiger partial charge on any atom is 0.412 e. The molecule has 7 aromatic heterocycles. The van der Waals surface area contributed by atoms with Crippen molar-refractivity contribution >= 4 is 105 Å². The number of halogens is 5. The van der Waals surface area contributed by atoms with Gasteiger partial charge < -0.3 is 42.1 Å². The van der Waals surface area contributed by atoms with Crippen LogP contribution in [-0.4, -0.2) is 70.0 Å². The van der Waals surface area contributed by atoms with Crippen LogP contribution in [0.5, 0.6) is 0 Å². The summed E-state index contributed by atoms with van der Waals surface area (Å²) in [6, 6.07) is 75.4. The third kappa shape index (κ3) is 24.5. The van der Waals surface area contributed by atoms with Crippen LogP contribution < -0.4 is 21.3 Å². The molecule has 25 nitrogen and oxygen atoms in total. The van der Waals surface area contributed by atoms with Gasteiger partial charge in [0.2, 0.25) is 0 Å². The van der Waals surface area contributed by atoms with Gasteiger partial charge in [0, 0.05) is 108 Å². The summed E-state index contributed by atoms with van der Waals surface area (Å²) in [7, 11) is 0. The first-order valence-corrected chi connectivity index (χ1v) is 42.4. The number of ether oxygens (including phenoxy) is 4. The van der Waals surface area contributed by atoms with Crippen molar-refractivity contribution in [3.63, 3.8) is 0 Å². The first kappa shape index (κ1) is 92.4. The Labute approximate surface area is 768 Å². The quantitative estimate of drug-likeness (QED) is 0.0293. The second kappa shape index (κ2) is 44.2. The highest BCUT2D eigenvalue weighted by molar-refractivity contribution is 6.33. The topological polar surface area (TPSA) is 329 Å². The highest BCUT2D eigenvalue weighted by Crippen LogP contribution is 2.40. The predicted octanol–water partition coefficient (Wildman–Crippen LogP) is 26.7. The number of aliphatic hydroxyl groups is 1. The molecule has 0 radical (unpaired) electrons. The molecule has 0 bridgehead atoms. The van der Waals surface area contributed by atoms with E-state index in [2.05, 4.69) is 61.8 Å². The maximum absolute atomic E-state index is 12.6. The minimum atomic E-state index is -0.635. The Hall–Kier alpha value is -14.3. The van der Waals surface area contributed by atoms with E-state index in [1.807, 2.05) is 218 Å². The number of amides is 4. The fourth-order valence-electron chi connectivity index (χ4n) is 13.5. The zero-order valence-corrected chi connectivity index (χ0v) is 74.6. The third-order valence-corrected chi connectivity index (χ3v) is 22.0. The van der Waals surface area contributed by atoms with Crippen LogP contribution in [0.25, 0.3) is 67.5 Å². The van der Waals surface area contributed by atoms with Crippen LogP contribution in [-0.2, 0) is 38.4 Å². The van der Waals surface area contributed by atoms with E-state index >= 15 is 0 Å². The van der Waals surface area contributed by atoms with Gasteiger partial charge in [0.15, 0.2) is 23.0 Å². The number of carbonyl (C=O) groups is 4. The van der Waals surface area contributed by atoms with Gasteiger partial charge in [0.25, 0.3) is 0 Å². The van der Waals surface area contributed by atoms with Crippen molar-refractivity contribution in [2.75, 3.05) is 21.3 Å². The van der Waals surface area contributed by atoms with E-state index in [0.717, 1.165) is 101 Å². The molecule has 0 aliphatic rings. The summed E-state index contributed by atoms with van der Waals surface area (Å²) in [4.78, 5) is 66.4. The first-order valence-electron chi connectivity index (χ1n) is 40.5. The minimum Gasteiger partial charge on any atom is -0.441 e. The number of aromatic nitrogens is 8. The number of nitrogens with zero attached hydrogens (tertiary/aromatic N) is 8. The second-order valence-corrected chi connectivity index (χ2v) is 31.4. The zero-order chi connectivity index (χ0) is 91.0. The third-order valence-electron chi connectivity index (χ3n) is 20.3. The zero-order valence-electron chi connectivity index (χ0n) is 70.8. The molecular formula is C99H85Cl5N12O13. The van der Waals surface area contributed by atoms with Crippen LogP contribution in [0.4, 0.5) is 41.9 Å². The lowest BCUT2D eigenvalue weighted by Crippen LogP contribution is -2.17. The number of benzene rings is 9. The molecule has 7 heterocycles. The molecule has 30 heteroatoms. The smallest absolute Gasteiger partial charge is 0.412 e. The van der Waals surface area contributed by atoms with E-state index in [0.29, 0.717) is 100 Å². The van der Waals surface area contributed by atoms with E-state index in [1.165, 1.54) is 6.33 Å². The lowest BCUT2D eigenvalue weighted by molar-refractivity contribution is 0.120. The van der Waals surface area contributed by atoms with Gasteiger partial charge in [0.05, 0.1) is 6.61 Å². The van der Waals surface area contributed by atoms with Crippen LogP contribution in [0.15, 0.2) is 298 Å². The molecule has 4 unspecified atom stereocenters. The monoisotopic (exact) mass is 1820 g/mol. The second-order valence-electron chi connectivity index (χ2n) is 29.4. The van der Waals surface area contributed by atoms with E-state index in [9.17, 15) is 24.3 Å². The number of hydrogen-bond acceptors (Lipinski definition) is 21. The predicted molar refractivity (Wildman–Crippen MR) is 498 cm³/mol. The van der Waals surface area contributed by atoms with Crippen molar-refractivity contribution in [2.45, 2.75) is 99.3 Å². The summed E-state index contributed by atoms with van der Waals surface area (Å²) < 4.78 is 44.0. The highest BCUT2D eigenvalue weighted by Gasteiger charge is 2.27. The summed E-state index contributed by atoms with van der Waals surface area (Å²) in [5, 5.41) is 38.8. The molecule has 9 aromatic carbocycles. The number of pyridine rings is 2.